The van der Waals surface area contributed by atoms with E-state index in [1.807, 2.05) is 42.5 Å². The van der Waals surface area contributed by atoms with E-state index >= 15 is 0 Å². The van der Waals surface area contributed by atoms with Crippen LogP contribution in [-0.4, -0.2) is 23.3 Å². The molecule has 116 valence electrons. The standard InChI is InChI=1S/C17H16N4O2/c18-16(21-17-19-12-8-4-5-9-13(12)23-17)20-15-14(22-15)10-11-6-2-1-3-7-11/h1-9,14-15H,10H2,(H3,18,19,20,21). The zero-order valence-electron chi connectivity index (χ0n) is 12.3. The van der Waals surface area contributed by atoms with Crippen molar-refractivity contribution in [2.24, 2.45) is 10.7 Å². The van der Waals surface area contributed by atoms with E-state index in [0.29, 0.717) is 11.6 Å². The molecule has 0 bridgehead atoms. The van der Waals surface area contributed by atoms with Crippen LogP contribution in [0.25, 0.3) is 11.1 Å². The van der Waals surface area contributed by atoms with Gasteiger partial charge in [0.25, 0.3) is 0 Å². The number of rotatable bonds is 4. The monoisotopic (exact) mass is 308 g/mol. The number of benzene rings is 2. The lowest BCUT2D eigenvalue weighted by atomic mass is 10.1. The zero-order valence-corrected chi connectivity index (χ0v) is 12.3. The molecular weight excluding hydrogens is 292 g/mol. The Morgan fingerprint density at radius 2 is 1.91 bits per heavy atom. The Balaban J connectivity index is 1.38. The summed E-state index contributed by atoms with van der Waals surface area (Å²) in [6.07, 6.45) is 0.680. The third-order valence-electron chi connectivity index (χ3n) is 3.63. The molecule has 2 aromatic carbocycles. The number of nitrogens with two attached hydrogens (primary N) is 1. The first kappa shape index (κ1) is 13.8. The van der Waals surface area contributed by atoms with Gasteiger partial charge in [0.15, 0.2) is 17.8 Å². The summed E-state index contributed by atoms with van der Waals surface area (Å²) in [5.41, 5.74) is 8.58. The van der Waals surface area contributed by atoms with Crippen molar-refractivity contribution >= 4 is 23.1 Å². The highest BCUT2D eigenvalue weighted by molar-refractivity contribution is 5.91. The van der Waals surface area contributed by atoms with Gasteiger partial charge in [-0.15, -0.1) is 0 Å². The number of para-hydroxylation sites is 2. The van der Waals surface area contributed by atoms with Gasteiger partial charge in [0.2, 0.25) is 0 Å². The van der Waals surface area contributed by atoms with Gasteiger partial charge in [-0.25, -0.2) is 4.99 Å². The Kier molecular flexibility index (Phi) is 3.44. The van der Waals surface area contributed by atoms with E-state index in [9.17, 15) is 0 Å². The van der Waals surface area contributed by atoms with E-state index in [1.54, 1.807) is 0 Å². The Bertz CT molecular complexity index is 811. The molecule has 1 aliphatic rings. The van der Waals surface area contributed by atoms with Gasteiger partial charge in [-0.05, 0) is 17.7 Å². The first-order chi connectivity index (χ1) is 11.3. The molecule has 2 atom stereocenters. The SMILES string of the molecule is NC(=NC1OC1Cc1ccccc1)Nc1nc2ccccc2o1. The van der Waals surface area contributed by atoms with E-state index in [-0.39, 0.29) is 18.3 Å². The average Bonchev–Trinajstić information content (AvgIpc) is 3.13. The summed E-state index contributed by atoms with van der Waals surface area (Å²) in [4.78, 5) is 8.58. The molecule has 0 radical (unpaired) electrons. The van der Waals surface area contributed by atoms with Gasteiger partial charge in [0.05, 0.1) is 0 Å². The fraction of sp³-hybridized carbons (Fsp3) is 0.176. The van der Waals surface area contributed by atoms with Crippen LogP contribution >= 0.6 is 0 Å². The normalized spacial score (nSPS) is 20.6. The molecule has 1 saturated heterocycles. The van der Waals surface area contributed by atoms with Gasteiger partial charge in [0.1, 0.15) is 11.6 Å². The Hall–Kier alpha value is -2.86. The van der Waals surface area contributed by atoms with Crippen molar-refractivity contribution in [2.45, 2.75) is 18.8 Å². The van der Waals surface area contributed by atoms with Crippen LogP contribution in [0.3, 0.4) is 0 Å². The van der Waals surface area contributed by atoms with Crippen LogP contribution in [0.5, 0.6) is 0 Å². The number of anilines is 1. The number of hydrogen-bond acceptors (Lipinski definition) is 4. The van der Waals surface area contributed by atoms with Crippen LogP contribution in [0.15, 0.2) is 64.0 Å². The molecular formula is C17H16N4O2. The Labute approximate surface area is 133 Å². The molecule has 6 nitrogen and oxygen atoms in total. The largest absolute Gasteiger partial charge is 0.423 e. The lowest BCUT2D eigenvalue weighted by Gasteiger charge is -1.99. The second-order valence-electron chi connectivity index (χ2n) is 5.38. The zero-order chi connectivity index (χ0) is 15.6. The second-order valence-corrected chi connectivity index (χ2v) is 5.38. The molecule has 6 heteroatoms. The molecule has 3 N–H and O–H groups in total. The minimum Gasteiger partial charge on any atom is -0.423 e. The number of guanidine groups is 1. The summed E-state index contributed by atoms with van der Waals surface area (Å²) < 4.78 is 11.1. The first-order valence-electron chi connectivity index (χ1n) is 7.43. The number of nitrogens with zero attached hydrogens (tertiary/aromatic N) is 2. The lowest BCUT2D eigenvalue weighted by molar-refractivity contribution is 0.373. The van der Waals surface area contributed by atoms with Crippen molar-refractivity contribution in [3.05, 3.63) is 60.2 Å². The van der Waals surface area contributed by atoms with Crippen molar-refractivity contribution in [1.82, 2.24) is 4.98 Å². The van der Waals surface area contributed by atoms with E-state index in [0.717, 1.165) is 11.9 Å². The summed E-state index contributed by atoms with van der Waals surface area (Å²) in [7, 11) is 0. The van der Waals surface area contributed by atoms with Crippen molar-refractivity contribution in [3.63, 3.8) is 0 Å². The van der Waals surface area contributed by atoms with Gasteiger partial charge in [-0.3, -0.25) is 5.32 Å². The Morgan fingerprint density at radius 1 is 1.13 bits per heavy atom. The predicted octanol–water partition coefficient (Wildman–Crippen LogP) is 2.52. The summed E-state index contributed by atoms with van der Waals surface area (Å²) in [6, 6.07) is 18.0. The summed E-state index contributed by atoms with van der Waals surface area (Å²) in [5.74, 6) is 0.233. The van der Waals surface area contributed by atoms with Crippen molar-refractivity contribution in [1.29, 1.82) is 0 Å². The van der Waals surface area contributed by atoms with Crippen LogP contribution in [0.4, 0.5) is 6.01 Å². The van der Waals surface area contributed by atoms with Gasteiger partial charge < -0.3 is 14.9 Å². The molecule has 2 unspecified atom stereocenters. The summed E-state index contributed by atoms with van der Waals surface area (Å²) >= 11 is 0. The van der Waals surface area contributed by atoms with Gasteiger partial charge >= 0.3 is 6.01 Å². The molecule has 0 amide bonds. The third-order valence-corrected chi connectivity index (χ3v) is 3.63. The van der Waals surface area contributed by atoms with E-state index in [2.05, 4.69) is 27.4 Å². The number of fused-ring (bicyclic) bond motifs is 1. The van der Waals surface area contributed by atoms with Gasteiger partial charge in [0, 0.05) is 6.42 Å². The molecule has 4 rings (SSSR count). The highest BCUT2D eigenvalue weighted by atomic mass is 16.6. The molecule has 1 fully saturated rings. The molecule has 1 aromatic heterocycles. The maximum atomic E-state index is 5.88. The van der Waals surface area contributed by atoms with Crippen LogP contribution in [0, 0.1) is 0 Å². The second kappa shape index (κ2) is 5.73. The molecule has 0 aliphatic carbocycles. The number of ether oxygens (including phenoxy) is 1. The fourth-order valence-corrected chi connectivity index (χ4v) is 2.45. The molecule has 2 heterocycles. The number of epoxide rings is 1. The highest BCUT2D eigenvalue weighted by Gasteiger charge is 2.38. The minimum atomic E-state index is -0.216. The highest BCUT2D eigenvalue weighted by Crippen LogP contribution is 2.27. The topological polar surface area (TPSA) is 89.0 Å². The smallest absolute Gasteiger partial charge is 0.302 e. The first-order valence-corrected chi connectivity index (χ1v) is 7.43. The number of hydrogen-bond donors (Lipinski definition) is 2. The molecule has 1 aliphatic heterocycles. The van der Waals surface area contributed by atoms with Crippen LogP contribution in [-0.2, 0) is 11.2 Å². The van der Waals surface area contributed by atoms with Crippen LogP contribution < -0.4 is 11.1 Å². The summed E-state index contributed by atoms with van der Waals surface area (Å²) in [6.45, 7) is 0. The van der Waals surface area contributed by atoms with Crippen molar-refractivity contribution < 1.29 is 9.15 Å². The average molecular weight is 308 g/mol. The fourth-order valence-electron chi connectivity index (χ4n) is 2.45. The molecule has 3 aromatic rings. The lowest BCUT2D eigenvalue weighted by Crippen LogP contribution is -2.23. The molecule has 23 heavy (non-hydrogen) atoms. The quantitative estimate of drug-likeness (QED) is 0.439. The summed E-state index contributed by atoms with van der Waals surface area (Å²) in [5, 5.41) is 2.86. The number of aromatic nitrogens is 1. The Morgan fingerprint density at radius 3 is 2.74 bits per heavy atom. The number of oxazole rings is 1. The van der Waals surface area contributed by atoms with Crippen LogP contribution in [0.2, 0.25) is 0 Å². The van der Waals surface area contributed by atoms with Crippen LogP contribution in [0.1, 0.15) is 5.56 Å². The van der Waals surface area contributed by atoms with Crippen molar-refractivity contribution in [3.8, 4) is 0 Å². The minimum absolute atomic E-state index is 0.0707. The van der Waals surface area contributed by atoms with Gasteiger partial charge in [-0.1, -0.05) is 42.5 Å². The van der Waals surface area contributed by atoms with E-state index in [4.69, 9.17) is 14.9 Å². The number of aliphatic imine (C=N–C) groups is 1. The molecule has 0 spiro atoms. The van der Waals surface area contributed by atoms with E-state index < -0.39 is 0 Å². The third kappa shape index (κ3) is 3.17. The maximum absolute atomic E-state index is 5.88. The predicted molar refractivity (Wildman–Crippen MR) is 88.1 cm³/mol. The molecule has 0 saturated carbocycles. The van der Waals surface area contributed by atoms with E-state index in [1.165, 1.54) is 5.56 Å². The maximum Gasteiger partial charge on any atom is 0.302 e. The number of nitrogens with one attached hydrogen (secondary N) is 1. The van der Waals surface area contributed by atoms with Crippen molar-refractivity contribution in [2.75, 3.05) is 5.32 Å². The van der Waals surface area contributed by atoms with Gasteiger partial charge in [-0.2, -0.15) is 4.98 Å².